The van der Waals surface area contributed by atoms with Gasteiger partial charge in [-0.05, 0) is 18.6 Å². The Morgan fingerprint density at radius 3 is 2.60 bits per heavy atom. The highest BCUT2D eigenvalue weighted by atomic mass is 35.5. The average molecular weight is 159 g/mol. The Labute approximate surface area is 66.9 Å². The second-order valence-electron chi connectivity index (χ2n) is 2.08. The Bertz CT molecular complexity index is 174. The van der Waals surface area contributed by atoms with Gasteiger partial charge < -0.3 is 5.73 Å². The fourth-order valence-corrected chi connectivity index (χ4v) is 0.645. The molecule has 1 aromatic rings. The van der Waals surface area contributed by atoms with Gasteiger partial charge in [-0.15, -0.1) is 12.4 Å². The average Bonchev–Trinajstić information content (AvgIpc) is 1.90. The summed E-state index contributed by atoms with van der Waals surface area (Å²) in [5, 5.41) is 0. The molecule has 1 aromatic heterocycles. The molecule has 1 rings (SSSR count). The molecule has 2 N–H and O–H groups in total. The molecule has 1 atom stereocenters. The predicted molar refractivity (Wildman–Crippen MR) is 44.1 cm³/mol. The van der Waals surface area contributed by atoms with E-state index in [1.807, 2.05) is 19.1 Å². The van der Waals surface area contributed by atoms with E-state index in [0.717, 1.165) is 5.56 Å². The molecule has 0 aliphatic heterocycles. The summed E-state index contributed by atoms with van der Waals surface area (Å²) in [6, 6.07) is 3.95. The Balaban J connectivity index is 0.000000810. The minimum atomic E-state index is 0. The summed E-state index contributed by atoms with van der Waals surface area (Å²) in [7, 11) is 0. The van der Waals surface area contributed by atoms with Crippen molar-refractivity contribution in [2.45, 2.75) is 13.0 Å². The maximum Gasteiger partial charge on any atom is 0.0315 e. The van der Waals surface area contributed by atoms with Crippen molar-refractivity contribution in [2.75, 3.05) is 0 Å². The number of nitrogens with two attached hydrogens (primary N) is 1. The molecule has 10 heavy (non-hydrogen) atoms. The van der Waals surface area contributed by atoms with Crippen LogP contribution in [-0.4, -0.2) is 4.98 Å². The number of hydrogen-bond donors (Lipinski definition) is 1. The first kappa shape index (κ1) is 9.40. The Kier molecular flexibility index (Phi) is 4.00. The third-order valence-electron chi connectivity index (χ3n) is 1.21. The largest absolute Gasteiger partial charge is 0.324 e. The first-order valence-electron chi connectivity index (χ1n) is 2.96. The second kappa shape index (κ2) is 4.25. The Morgan fingerprint density at radius 1 is 1.60 bits per heavy atom. The lowest BCUT2D eigenvalue weighted by Gasteiger charge is -2.01. The van der Waals surface area contributed by atoms with Crippen LogP contribution in [0.15, 0.2) is 24.5 Å². The number of halogens is 1. The fourth-order valence-electron chi connectivity index (χ4n) is 0.645. The summed E-state index contributed by atoms with van der Waals surface area (Å²) < 4.78 is 0. The third-order valence-corrected chi connectivity index (χ3v) is 1.21. The van der Waals surface area contributed by atoms with Gasteiger partial charge in [0.15, 0.2) is 0 Å². The Hall–Kier alpha value is -0.600. The van der Waals surface area contributed by atoms with Crippen LogP contribution in [0.3, 0.4) is 0 Å². The lowest BCUT2D eigenvalue weighted by atomic mass is 10.2. The van der Waals surface area contributed by atoms with E-state index in [0.29, 0.717) is 0 Å². The van der Waals surface area contributed by atoms with E-state index in [-0.39, 0.29) is 18.4 Å². The van der Waals surface area contributed by atoms with Crippen LogP contribution in [0.1, 0.15) is 18.5 Å². The van der Waals surface area contributed by atoms with Gasteiger partial charge in [0.1, 0.15) is 0 Å². The van der Waals surface area contributed by atoms with E-state index in [1.54, 1.807) is 12.4 Å². The van der Waals surface area contributed by atoms with Crippen molar-refractivity contribution in [1.29, 1.82) is 0 Å². The molecule has 0 bridgehead atoms. The number of aromatic nitrogens is 1. The summed E-state index contributed by atoms with van der Waals surface area (Å²) in [6.45, 7) is 1.94. The van der Waals surface area contributed by atoms with E-state index in [4.69, 9.17) is 5.73 Å². The third kappa shape index (κ3) is 2.33. The van der Waals surface area contributed by atoms with Crippen LogP contribution >= 0.6 is 12.4 Å². The van der Waals surface area contributed by atoms with Crippen LogP contribution in [-0.2, 0) is 0 Å². The minimum absolute atomic E-state index is 0. The molecule has 0 aliphatic carbocycles. The van der Waals surface area contributed by atoms with E-state index in [2.05, 4.69) is 4.98 Å². The first-order chi connectivity index (χ1) is 4.30. The summed E-state index contributed by atoms with van der Waals surface area (Å²) in [6.07, 6.45) is 3.52. The van der Waals surface area contributed by atoms with Crippen molar-refractivity contribution >= 4 is 12.4 Å². The topological polar surface area (TPSA) is 38.9 Å². The summed E-state index contributed by atoms with van der Waals surface area (Å²) in [5.41, 5.74) is 6.65. The summed E-state index contributed by atoms with van der Waals surface area (Å²) in [4.78, 5) is 3.93. The van der Waals surface area contributed by atoms with Gasteiger partial charge in [0, 0.05) is 18.4 Å². The molecule has 0 aromatic carbocycles. The molecule has 3 heteroatoms. The van der Waals surface area contributed by atoms with E-state index in [9.17, 15) is 0 Å². The van der Waals surface area contributed by atoms with Crippen molar-refractivity contribution in [3.63, 3.8) is 0 Å². The van der Waals surface area contributed by atoms with Crippen LogP contribution in [0, 0.1) is 0 Å². The molecule has 0 radical (unpaired) electrons. The van der Waals surface area contributed by atoms with Crippen molar-refractivity contribution < 1.29 is 0 Å². The van der Waals surface area contributed by atoms with Gasteiger partial charge >= 0.3 is 0 Å². The first-order valence-corrected chi connectivity index (χ1v) is 2.96. The van der Waals surface area contributed by atoms with Gasteiger partial charge in [-0.25, -0.2) is 0 Å². The lowest BCUT2D eigenvalue weighted by molar-refractivity contribution is 0.811. The summed E-state index contributed by atoms with van der Waals surface area (Å²) >= 11 is 0. The summed E-state index contributed by atoms with van der Waals surface area (Å²) in [5.74, 6) is 0. The Morgan fingerprint density at radius 2 is 2.30 bits per heavy atom. The zero-order chi connectivity index (χ0) is 6.69. The van der Waals surface area contributed by atoms with Crippen molar-refractivity contribution in [1.82, 2.24) is 4.98 Å². The molecule has 2 nitrogen and oxygen atoms in total. The highest BCUT2D eigenvalue weighted by molar-refractivity contribution is 5.85. The molecule has 0 saturated carbocycles. The van der Waals surface area contributed by atoms with Crippen molar-refractivity contribution in [3.05, 3.63) is 30.1 Å². The van der Waals surface area contributed by atoms with Crippen LogP contribution in [0.2, 0.25) is 0 Å². The minimum Gasteiger partial charge on any atom is -0.324 e. The SMILES string of the molecule is C[C@H](N)c1cccnc1.Cl. The van der Waals surface area contributed by atoms with Crippen LogP contribution in [0.25, 0.3) is 0 Å². The van der Waals surface area contributed by atoms with Crippen molar-refractivity contribution in [2.24, 2.45) is 5.73 Å². The molecule has 0 fully saturated rings. The number of rotatable bonds is 1. The van der Waals surface area contributed by atoms with E-state index < -0.39 is 0 Å². The monoisotopic (exact) mass is 158 g/mol. The predicted octanol–water partition coefficient (Wildman–Crippen LogP) is 1.52. The molecule has 0 amide bonds. The zero-order valence-electron chi connectivity index (χ0n) is 5.82. The molecular weight excluding hydrogens is 148 g/mol. The van der Waals surface area contributed by atoms with Gasteiger partial charge in [-0.1, -0.05) is 6.07 Å². The van der Waals surface area contributed by atoms with Crippen LogP contribution in [0.5, 0.6) is 0 Å². The normalized spacial score (nSPS) is 11.8. The van der Waals surface area contributed by atoms with Gasteiger partial charge in [-0.2, -0.15) is 0 Å². The molecule has 0 aliphatic rings. The molecule has 1 heterocycles. The highest BCUT2D eigenvalue weighted by Crippen LogP contribution is 2.04. The van der Waals surface area contributed by atoms with Gasteiger partial charge in [0.25, 0.3) is 0 Å². The lowest BCUT2D eigenvalue weighted by Crippen LogP contribution is -2.04. The van der Waals surface area contributed by atoms with Gasteiger partial charge in [-0.3, -0.25) is 4.98 Å². The number of pyridine rings is 1. The smallest absolute Gasteiger partial charge is 0.0315 e. The van der Waals surface area contributed by atoms with E-state index >= 15 is 0 Å². The number of nitrogens with zero attached hydrogens (tertiary/aromatic N) is 1. The van der Waals surface area contributed by atoms with Crippen LogP contribution < -0.4 is 5.73 Å². The van der Waals surface area contributed by atoms with Gasteiger partial charge in [0.2, 0.25) is 0 Å². The fraction of sp³-hybridized carbons (Fsp3) is 0.286. The maximum absolute atomic E-state index is 5.57. The standard InChI is InChI=1S/C7H10N2.ClH/c1-6(8)7-3-2-4-9-5-7;/h2-6H,8H2,1H3;1H/t6-;/m0./s1. The quantitative estimate of drug-likeness (QED) is 0.673. The molecule has 56 valence electrons. The molecule has 0 saturated heterocycles. The maximum atomic E-state index is 5.57. The van der Waals surface area contributed by atoms with Gasteiger partial charge in [0.05, 0.1) is 0 Å². The van der Waals surface area contributed by atoms with Crippen molar-refractivity contribution in [3.8, 4) is 0 Å². The second-order valence-corrected chi connectivity index (χ2v) is 2.08. The molecular formula is C7H11ClN2. The molecule has 0 unspecified atom stereocenters. The number of hydrogen-bond acceptors (Lipinski definition) is 2. The highest BCUT2D eigenvalue weighted by Gasteiger charge is 1.94. The van der Waals surface area contributed by atoms with E-state index in [1.165, 1.54) is 0 Å². The van der Waals surface area contributed by atoms with Crippen LogP contribution in [0.4, 0.5) is 0 Å². The molecule has 0 spiro atoms. The zero-order valence-corrected chi connectivity index (χ0v) is 6.64.